The number of carbonyl (C=O) groups is 2. The van der Waals surface area contributed by atoms with Gasteiger partial charge in [-0.1, -0.05) is 0 Å². The van der Waals surface area contributed by atoms with Gasteiger partial charge in [-0.3, -0.25) is 4.79 Å². The van der Waals surface area contributed by atoms with Gasteiger partial charge in [-0.25, -0.2) is 4.79 Å². The molecule has 1 aromatic carbocycles. The van der Waals surface area contributed by atoms with Crippen molar-refractivity contribution < 1.29 is 9.59 Å². The van der Waals surface area contributed by atoms with Crippen molar-refractivity contribution >= 4 is 39.2 Å². The number of nitrogens with one attached hydrogen (secondary N) is 1. The number of urea groups is 1. The van der Waals surface area contributed by atoms with Crippen molar-refractivity contribution in [1.29, 1.82) is 0 Å². The summed E-state index contributed by atoms with van der Waals surface area (Å²) in [5.41, 5.74) is 6.06. The minimum Gasteiger partial charge on any atom is -0.369 e. The Labute approximate surface area is 126 Å². The first-order chi connectivity index (χ1) is 10.1. The molecule has 1 atom stereocenters. The number of likely N-dealkylation sites (tertiary alicyclic amines) is 1. The molecule has 1 aliphatic rings. The maximum atomic E-state index is 12.3. The fraction of sp³-hybridized carbons (Fsp3) is 0.357. The van der Waals surface area contributed by atoms with Crippen LogP contribution in [0.3, 0.4) is 0 Å². The van der Waals surface area contributed by atoms with Crippen LogP contribution in [0.5, 0.6) is 0 Å². The van der Waals surface area contributed by atoms with Crippen molar-refractivity contribution in [3.05, 3.63) is 24.4 Å². The average molecular weight is 304 g/mol. The van der Waals surface area contributed by atoms with Gasteiger partial charge in [-0.15, -0.1) is 0 Å². The summed E-state index contributed by atoms with van der Waals surface area (Å²) in [5, 5.41) is 3.87. The summed E-state index contributed by atoms with van der Waals surface area (Å²) < 4.78 is 5.19. The smallest absolute Gasteiger partial charge is 0.321 e. The highest BCUT2D eigenvalue weighted by Crippen LogP contribution is 2.23. The van der Waals surface area contributed by atoms with Crippen LogP contribution >= 0.6 is 11.5 Å². The molecule has 1 saturated heterocycles. The summed E-state index contributed by atoms with van der Waals surface area (Å²) in [6.07, 6.45) is 3.33. The van der Waals surface area contributed by atoms with Gasteiger partial charge >= 0.3 is 6.03 Å². The molecule has 0 radical (unpaired) electrons. The van der Waals surface area contributed by atoms with Gasteiger partial charge in [0.1, 0.15) is 0 Å². The van der Waals surface area contributed by atoms with E-state index in [4.69, 9.17) is 5.73 Å². The Morgan fingerprint density at radius 1 is 1.43 bits per heavy atom. The summed E-state index contributed by atoms with van der Waals surface area (Å²) in [6.45, 7) is 1.04. The van der Waals surface area contributed by atoms with Crippen LogP contribution in [-0.2, 0) is 4.79 Å². The van der Waals surface area contributed by atoms with Crippen molar-refractivity contribution in [2.45, 2.75) is 12.8 Å². The van der Waals surface area contributed by atoms with E-state index < -0.39 is 0 Å². The highest BCUT2D eigenvalue weighted by atomic mass is 32.1. The fourth-order valence-electron chi connectivity index (χ4n) is 2.55. The molecule has 0 saturated carbocycles. The molecule has 3 amide bonds. The van der Waals surface area contributed by atoms with Crippen LogP contribution in [-0.4, -0.2) is 34.3 Å². The summed E-state index contributed by atoms with van der Waals surface area (Å²) in [7, 11) is 0. The lowest BCUT2D eigenvalue weighted by atomic mass is 9.98. The average Bonchev–Trinajstić information content (AvgIpc) is 2.95. The molecule has 1 aliphatic heterocycles. The molecule has 2 aromatic rings. The number of carbonyl (C=O) groups excluding carboxylic acids is 2. The van der Waals surface area contributed by atoms with Crippen molar-refractivity contribution in [2.24, 2.45) is 11.7 Å². The van der Waals surface area contributed by atoms with Crippen LogP contribution in [0.25, 0.3) is 10.1 Å². The normalized spacial score (nSPS) is 18.7. The first-order valence-corrected chi connectivity index (χ1v) is 7.60. The van der Waals surface area contributed by atoms with Crippen molar-refractivity contribution in [3.63, 3.8) is 0 Å². The number of anilines is 1. The minimum absolute atomic E-state index is 0.191. The first kappa shape index (κ1) is 13.8. The second kappa shape index (κ2) is 5.69. The lowest BCUT2D eigenvalue weighted by Gasteiger charge is -2.31. The van der Waals surface area contributed by atoms with E-state index in [1.54, 1.807) is 11.1 Å². The number of piperidine rings is 1. The number of nitrogens with two attached hydrogens (primary N) is 1. The molecule has 21 heavy (non-hydrogen) atoms. The summed E-state index contributed by atoms with van der Waals surface area (Å²) >= 11 is 1.42. The number of amides is 3. The van der Waals surface area contributed by atoms with Gasteiger partial charge in [-0.2, -0.15) is 4.37 Å². The van der Waals surface area contributed by atoms with Crippen LogP contribution in [0.15, 0.2) is 24.4 Å². The molecule has 110 valence electrons. The van der Waals surface area contributed by atoms with Crippen molar-refractivity contribution in [2.75, 3.05) is 18.4 Å². The van der Waals surface area contributed by atoms with Gasteiger partial charge in [0.05, 0.1) is 10.6 Å². The zero-order valence-electron chi connectivity index (χ0n) is 11.4. The summed E-state index contributed by atoms with van der Waals surface area (Å²) in [6, 6.07) is 5.49. The van der Waals surface area contributed by atoms with Gasteiger partial charge in [0, 0.05) is 30.4 Å². The lowest BCUT2D eigenvalue weighted by molar-refractivity contribution is -0.123. The van der Waals surface area contributed by atoms with Crippen molar-refractivity contribution in [3.8, 4) is 0 Å². The Morgan fingerprint density at radius 3 is 3.10 bits per heavy atom. The van der Waals surface area contributed by atoms with E-state index in [0.29, 0.717) is 13.1 Å². The molecule has 3 rings (SSSR count). The standard InChI is InChI=1S/C14H16N4O2S/c15-13(19)9-2-1-5-18(8-9)14(20)17-11-3-4-12-10(6-11)7-16-21-12/h3-4,6-7,9H,1-2,5,8H2,(H2,15,19)(H,17,20). The molecule has 7 heteroatoms. The molecular formula is C14H16N4O2S. The van der Waals surface area contributed by atoms with Crippen LogP contribution in [0.2, 0.25) is 0 Å². The maximum absolute atomic E-state index is 12.3. The molecule has 1 fully saturated rings. The Morgan fingerprint density at radius 2 is 2.29 bits per heavy atom. The largest absolute Gasteiger partial charge is 0.369 e. The predicted molar refractivity (Wildman–Crippen MR) is 82.1 cm³/mol. The number of nitrogens with zero attached hydrogens (tertiary/aromatic N) is 2. The quantitative estimate of drug-likeness (QED) is 0.889. The number of hydrogen-bond donors (Lipinski definition) is 2. The number of benzene rings is 1. The van der Waals surface area contributed by atoms with E-state index in [0.717, 1.165) is 28.6 Å². The van der Waals surface area contributed by atoms with Crippen LogP contribution in [0.4, 0.5) is 10.5 Å². The molecule has 1 unspecified atom stereocenters. The summed E-state index contributed by atoms with van der Waals surface area (Å²) in [5.74, 6) is -0.577. The van der Waals surface area contributed by atoms with Crippen LogP contribution in [0, 0.1) is 5.92 Å². The second-order valence-corrected chi connectivity index (χ2v) is 6.03. The summed E-state index contributed by atoms with van der Waals surface area (Å²) in [4.78, 5) is 25.2. The van der Waals surface area contributed by atoms with E-state index in [2.05, 4.69) is 9.69 Å². The van der Waals surface area contributed by atoms with Gasteiger partial charge in [-0.05, 0) is 42.6 Å². The van der Waals surface area contributed by atoms with Gasteiger partial charge < -0.3 is 16.0 Å². The number of rotatable bonds is 2. The third-order valence-corrected chi connectivity index (χ3v) is 4.49. The lowest BCUT2D eigenvalue weighted by Crippen LogP contribution is -2.45. The Balaban J connectivity index is 1.69. The Hall–Kier alpha value is -2.15. The van der Waals surface area contributed by atoms with Gasteiger partial charge in [0.25, 0.3) is 0 Å². The van der Waals surface area contributed by atoms with E-state index in [1.807, 2.05) is 18.2 Å². The molecule has 1 aromatic heterocycles. The maximum Gasteiger partial charge on any atom is 0.321 e. The Bertz CT molecular complexity index is 684. The molecule has 0 spiro atoms. The van der Waals surface area contributed by atoms with E-state index in [1.165, 1.54) is 11.5 Å². The van der Waals surface area contributed by atoms with E-state index in [-0.39, 0.29) is 17.9 Å². The predicted octanol–water partition coefficient (Wildman–Crippen LogP) is 2.03. The van der Waals surface area contributed by atoms with Crippen molar-refractivity contribution in [1.82, 2.24) is 9.27 Å². The van der Waals surface area contributed by atoms with Crippen LogP contribution in [0.1, 0.15) is 12.8 Å². The molecule has 6 nitrogen and oxygen atoms in total. The molecule has 3 N–H and O–H groups in total. The highest BCUT2D eigenvalue weighted by molar-refractivity contribution is 7.13. The number of aromatic nitrogens is 1. The Kier molecular flexibility index (Phi) is 3.74. The van der Waals surface area contributed by atoms with Gasteiger partial charge in [0.15, 0.2) is 0 Å². The second-order valence-electron chi connectivity index (χ2n) is 5.20. The van der Waals surface area contributed by atoms with Crippen LogP contribution < -0.4 is 11.1 Å². The van der Waals surface area contributed by atoms with E-state index in [9.17, 15) is 9.59 Å². The highest BCUT2D eigenvalue weighted by Gasteiger charge is 2.26. The molecule has 0 aliphatic carbocycles. The minimum atomic E-state index is -0.335. The number of fused-ring (bicyclic) bond motifs is 1. The zero-order valence-corrected chi connectivity index (χ0v) is 12.2. The third kappa shape index (κ3) is 2.97. The number of hydrogen-bond acceptors (Lipinski definition) is 4. The SMILES string of the molecule is NC(=O)C1CCCN(C(=O)Nc2ccc3sncc3c2)C1. The monoisotopic (exact) mass is 304 g/mol. The first-order valence-electron chi connectivity index (χ1n) is 6.83. The molecule has 0 bridgehead atoms. The molecule has 2 heterocycles. The van der Waals surface area contributed by atoms with E-state index >= 15 is 0 Å². The molecular weight excluding hydrogens is 288 g/mol. The topological polar surface area (TPSA) is 88.3 Å². The fourth-order valence-corrected chi connectivity index (χ4v) is 3.17. The van der Waals surface area contributed by atoms with Gasteiger partial charge in [0.2, 0.25) is 5.91 Å². The third-order valence-electron chi connectivity index (χ3n) is 3.71. The number of primary amides is 1. The zero-order chi connectivity index (χ0) is 14.8.